The molecule has 0 unspecified atom stereocenters. The first-order valence-corrected chi connectivity index (χ1v) is 8.04. The fraction of sp³-hybridized carbons (Fsp3) is 0.214. The van der Waals surface area contributed by atoms with Crippen LogP contribution in [0.4, 0.5) is 0 Å². The van der Waals surface area contributed by atoms with E-state index in [1.165, 1.54) is 12.3 Å². The molecule has 0 saturated heterocycles. The van der Waals surface area contributed by atoms with E-state index < -0.39 is 9.84 Å². The van der Waals surface area contributed by atoms with Gasteiger partial charge in [-0.2, -0.15) is 0 Å². The van der Waals surface area contributed by atoms with E-state index in [9.17, 15) is 13.2 Å². The normalized spacial score (nSPS) is 11.1. The molecule has 0 aliphatic heterocycles. The lowest BCUT2D eigenvalue weighted by Crippen LogP contribution is -2.22. The Balaban J connectivity index is 2.00. The van der Waals surface area contributed by atoms with E-state index >= 15 is 0 Å². The Morgan fingerprint density at radius 2 is 1.90 bits per heavy atom. The Kier molecular flexibility index (Phi) is 4.64. The number of pyridine rings is 2. The number of carbonyl (C=O) groups is 1. The van der Waals surface area contributed by atoms with Crippen LogP contribution < -0.4 is 5.32 Å². The van der Waals surface area contributed by atoms with Crippen molar-refractivity contribution >= 4 is 15.7 Å². The first-order chi connectivity index (χ1) is 10.0. The zero-order valence-corrected chi connectivity index (χ0v) is 12.3. The summed E-state index contributed by atoms with van der Waals surface area (Å²) in [5.41, 5.74) is 1.25. The predicted octanol–water partition coefficient (Wildman–Crippen LogP) is 1.20. The molecule has 2 heterocycles. The van der Waals surface area contributed by atoms with Gasteiger partial charge in [0.15, 0.2) is 14.9 Å². The number of carbonyl (C=O) groups excluding carboxylic acids is 1. The second kappa shape index (κ2) is 6.45. The van der Waals surface area contributed by atoms with Gasteiger partial charge in [0, 0.05) is 30.7 Å². The van der Waals surface area contributed by atoms with Gasteiger partial charge in [-0.1, -0.05) is 13.0 Å². The first-order valence-electron chi connectivity index (χ1n) is 6.39. The summed E-state index contributed by atoms with van der Waals surface area (Å²) in [6, 6.07) is 6.32. The van der Waals surface area contributed by atoms with Crippen LogP contribution >= 0.6 is 0 Å². The molecule has 0 spiro atoms. The second-order valence-corrected chi connectivity index (χ2v) is 6.55. The van der Waals surface area contributed by atoms with Gasteiger partial charge in [-0.25, -0.2) is 13.4 Å². The molecule has 0 atom stereocenters. The minimum Gasteiger partial charge on any atom is -0.348 e. The molecular formula is C14H15N3O3S. The maximum atomic E-state index is 11.8. The van der Waals surface area contributed by atoms with Gasteiger partial charge in [-0.15, -0.1) is 0 Å². The lowest BCUT2D eigenvalue weighted by atomic mass is 10.2. The molecule has 0 fully saturated rings. The number of hydrogen-bond acceptors (Lipinski definition) is 5. The van der Waals surface area contributed by atoms with Crippen LogP contribution in [0.5, 0.6) is 0 Å². The van der Waals surface area contributed by atoms with Gasteiger partial charge in [0.05, 0.1) is 5.75 Å². The van der Waals surface area contributed by atoms with Gasteiger partial charge >= 0.3 is 0 Å². The summed E-state index contributed by atoms with van der Waals surface area (Å²) in [6.45, 7) is 1.85. The van der Waals surface area contributed by atoms with Gasteiger partial charge < -0.3 is 5.32 Å². The van der Waals surface area contributed by atoms with Crippen molar-refractivity contribution in [1.29, 1.82) is 0 Å². The quantitative estimate of drug-likeness (QED) is 0.896. The molecule has 2 aromatic rings. The van der Waals surface area contributed by atoms with E-state index in [2.05, 4.69) is 15.3 Å². The standard InChI is InChI=1S/C14H15N3O3S/c1-2-21(19,20)13-4-3-11(9-16-13)10-17-14(18)12-5-7-15-8-6-12/h3-9H,2,10H2,1H3,(H,17,18). The topological polar surface area (TPSA) is 89.0 Å². The molecule has 0 saturated carbocycles. The lowest BCUT2D eigenvalue weighted by Gasteiger charge is -2.06. The molecule has 0 bridgehead atoms. The van der Waals surface area contributed by atoms with Crippen molar-refractivity contribution in [1.82, 2.24) is 15.3 Å². The van der Waals surface area contributed by atoms with Crippen LogP contribution in [-0.2, 0) is 16.4 Å². The summed E-state index contributed by atoms with van der Waals surface area (Å²) in [5, 5.41) is 2.78. The van der Waals surface area contributed by atoms with Crippen LogP contribution in [0, 0.1) is 0 Å². The van der Waals surface area contributed by atoms with Gasteiger partial charge in [0.1, 0.15) is 0 Å². The summed E-state index contributed by atoms with van der Waals surface area (Å²) in [7, 11) is -3.29. The molecule has 2 rings (SSSR count). The van der Waals surface area contributed by atoms with Crippen molar-refractivity contribution in [2.24, 2.45) is 0 Å². The molecule has 0 aromatic carbocycles. The third-order valence-corrected chi connectivity index (χ3v) is 4.53. The number of amides is 1. The maximum Gasteiger partial charge on any atom is 0.251 e. The molecule has 7 heteroatoms. The van der Waals surface area contributed by atoms with E-state index in [1.54, 1.807) is 37.5 Å². The molecule has 1 amide bonds. The average molecular weight is 305 g/mol. The highest BCUT2D eigenvalue weighted by molar-refractivity contribution is 7.91. The molecule has 0 aliphatic carbocycles. The molecule has 0 radical (unpaired) electrons. The van der Waals surface area contributed by atoms with E-state index in [0.717, 1.165) is 5.56 Å². The Morgan fingerprint density at radius 1 is 1.19 bits per heavy atom. The Bertz CT molecular complexity index is 713. The van der Waals surface area contributed by atoms with E-state index in [4.69, 9.17) is 0 Å². The van der Waals surface area contributed by atoms with Gasteiger partial charge in [-0.3, -0.25) is 9.78 Å². The molecule has 6 nitrogen and oxygen atoms in total. The summed E-state index contributed by atoms with van der Waals surface area (Å²) in [5.74, 6) is -0.208. The minimum atomic E-state index is -3.29. The Labute approximate surface area is 123 Å². The second-order valence-electron chi connectivity index (χ2n) is 4.33. The number of nitrogens with zero attached hydrogens (tertiary/aromatic N) is 2. The van der Waals surface area contributed by atoms with Crippen molar-refractivity contribution in [3.05, 3.63) is 54.0 Å². The van der Waals surface area contributed by atoms with E-state index in [-0.39, 0.29) is 23.2 Å². The van der Waals surface area contributed by atoms with Gasteiger partial charge in [-0.05, 0) is 23.8 Å². The van der Waals surface area contributed by atoms with Crippen LogP contribution in [0.1, 0.15) is 22.8 Å². The highest BCUT2D eigenvalue weighted by Gasteiger charge is 2.12. The Morgan fingerprint density at radius 3 is 2.48 bits per heavy atom. The van der Waals surface area contributed by atoms with Crippen molar-refractivity contribution in [2.75, 3.05) is 5.75 Å². The number of sulfone groups is 1. The lowest BCUT2D eigenvalue weighted by molar-refractivity contribution is 0.0950. The van der Waals surface area contributed by atoms with E-state index in [1.807, 2.05) is 0 Å². The number of rotatable bonds is 5. The molecular weight excluding hydrogens is 290 g/mol. The third kappa shape index (κ3) is 3.85. The van der Waals surface area contributed by atoms with Crippen LogP contribution in [0.25, 0.3) is 0 Å². The van der Waals surface area contributed by atoms with Crippen LogP contribution in [0.2, 0.25) is 0 Å². The van der Waals surface area contributed by atoms with Crippen molar-refractivity contribution in [3.63, 3.8) is 0 Å². The highest BCUT2D eigenvalue weighted by atomic mass is 32.2. The molecule has 2 aromatic heterocycles. The van der Waals surface area contributed by atoms with Crippen LogP contribution in [-0.4, -0.2) is 30.0 Å². The van der Waals surface area contributed by atoms with Crippen molar-refractivity contribution in [2.45, 2.75) is 18.5 Å². The monoisotopic (exact) mass is 305 g/mol. The Hall–Kier alpha value is -2.28. The zero-order chi connectivity index (χ0) is 15.3. The largest absolute Gasteiger partial charge is 0.348 e. The highest BCUT2D eigenvalue weighted by Crippen LogP contribution is 2.08. The molecule has 21 heavy (non-hydrogen) atoms. The fourth-order valence-corrected chi connectivity index (χ4v) is 2.42. The van der Waals surface area contributed by atoms with E-state index in [0.29, 0.717) is 5.56 Å². The zero-order valence-electron chi connectivity index (χ0n) is 11.5. The van der Waals surface area contributed by atoms with Crippen LogP contribution in [0.15, 0.2) is 47.9 Å². The predicted molar refractivity (Wildman–Crippen MR) is 77.4 cm³/mol. The number of aromatic nitrogens is 2. The first kappa shape index (κ1) is 15.1. The van der Waals surface area contributed by atoms with Crippen molar-refractivity contribution < 1.29 is 13.2 Å². The van der Waals surface area contributed by atoms with Crippen LogP contribution in [0.3, 0.4) is 0 Å². The molecule has 0 aliphatic rings. The average Bonchev–Trinajstić information content (AvgIpc) is 2.54. The third-order valence-electron chi connectivity index (χ3n) is 2.89. The smallest absolute Gasteiger partial charge is 0.251 e. The molecule has 1 N–H and O–H groups in total. The fourth-order valence-electron chi connectivity index (χ4n) is 1.64. The summed E-state index contributed by atoms with van der Waals surface area (Å²) < 4.78 is 23.3. The van der Waals surface area contributed by atoms with Gasteiger partial charge in [0.2, 0.25) is 0 Å². The minimum absolute atomic E-state index is 0.0120. The molecule has 110 valence electrons. The van der Waals surface area contributed by atoms with Gasteiger partial charge in [0.25, 0.3) is 5.91 Å². The summed E-state index contributed by atoms with van der Waals surface area (Å²) in [6.07, 6.45) is 4.54. The summed E-state index contributed by atoms with van der Waals surface area (Å²) in [4.78, 5) is 19.6. The van der Waals surface area contributed by atoms with Crippen molar-refractivity contribution in [3.8, 4) is 0 Å². The summed E-state index contributed by atoms with van der Waals surface area (Å²) >= 11 is 0. The number of nitrogens with one attached hydrogen (secondary N) is 1. The SMILES string of the molecule is CCS(=O)(=O)c1ccc(CNC(=O)c2ccncc2)cn1. The maximum absolute atomic E-state index is 11.8. The number of hydrogen-bond donors (Lipinski definition) is 1.